The highest BCUT2D eigenvalue weighted by molar-refractivity contribution is 5.54. The first kappa shape index (κ1) is 14.8. The zero-order valence-electron chi connectivity index (χ0n) is 13.3. The van der Waals surface area contributed by atoms with Gasteiger partial charge in [-0.05, 0) is 60.7 Å². The van der Waals surface area contributed by atoms with Gasteiger partial charge in [-0.25, -0.2) is 4.79 Å². The molecular weight excluding hydrogens is 278 g/mol. The van der Waals surface area contributed by atoms with Gasteiger partial charge in [0, 0.05) is 25.3 Å². The van der Waals surface area contributed by atoms with Crippen molar-refractivity contribution in [1.82, 2.24) is 19.8 Å². The standard InChI is InChI=1S/C16H23N5O/c1-3-20-16(22)21(18-17-20)12-14-7-8-15(13(2)11-14)19-9-5-4-6-10-19/h7-8,11H,3-6,9-10,12H2,1-2H3. The predicted octanol–water partition coefficient (Wildman–Crippen LogP) is 1.81. The van der Waals surface area contributed by atoms with Gasteiger partial charge in [-0.2, -0.15) is 9.36 Å². The molecule has 0 saturated carbocycles. The minimum atomic E-state index is -0.153. The Labute approximate surface area is 130 Å². The topological polar surface area (TPSA) is 56.0 Å². The van der Waals surface area contributed by atoms with E-state index >= 15 is 0 Å². The molecule has 1 fully saturated rings. The summed E-state index contributed by atoms with van der Waals surface area (Å²) in [6, 6.07) is 6.42. The number of nitrogens with zero attached hydrogens (tertiary/aromatic N) is 5. The second kappa shape index (κ2) is 6.34. The third-order valence-corrected chi connectivity index (χ3v) is 4.29. The van der Waals surface area contributed by atoms with Gasteiger partial charge in [0.15, 0.2) is 0 Å². The van der Waals surface area contributed by atoms with Crippen molar-refractivity contribution in [2.45, 2.75) is 46.2 Å². The fraction of sp³-hybridized carbons (Fsp3) is 0.562. The molecule has 2 heterocycles. The van der Waals surface area contributed by atoms with Crippen LogP contribution < -0.4 is 10.6 Å². The van der Waals surface area contributed by atoms with E-state index in [1.165, 1.54) is 39.9 Å². The van der Waals surface area contributed by atoms with E-state index in [1.807, 2.05) is 6.92 Å². The predicted molar refractivity (Wildman–Crippen MR) is 86.3 cm³/mol. The van der Waals surface area contributed by atoms with Crippen LogP contribution in [-0.4, -0.2) is 32.9 Å². The van der Waals surface area contributed by atoms with Crippen LogP contribution in [0.3, 0.4) is 0 Å². The van der Waals surface area contributed by atoms with Crippen LogP contribution in [0.5, 0.6) is 0 Å². The van der Waals surface area contributed by atoms with Crippen LogP contribution in [0.15, 0.2) is 23.0 Å². The number of piperidine rings is 1. The largest absolute Gasteiger partial charge is 0.371 e. The quantitative estimate of drug-likeness (QED) is 0.864. The summed E-state index contributed by atoms with van der Waals surface area (Å²) in [5.74, 6) is 0. The van der Waals surface area contributed by atoms with Crippen molar-refractivity contribution in [3.05, 3.63) is 39.8 Å². The van der Waals surface area contributed by atoms with E-state index in [0.29, 0.717) is 13.1 Å². The van der Waals surface area contributed by atoms with E-state index in [-0.39, 0.29) is 5.69 Å². The van der Waals surface area contributed by atoms with E-state index < -0.39 is 0 Å². The summed E-state index contributed by atoms with van der Waals surface area (Å²) in [5, 5.41) is 7.78. The minimum absolute atomic E-state index is 0.153. The van der Waals surface area contributed by atoms with Crippen molar-refractivity contribution in [2.75, 3.05) is 18.0 Å². The molecule has 0 aliphatic carbocycles. The van der Waals surface area contributed by atoms with Gasteiger partial charge in [0.05, 0.1) is 6.54 Å². The number of hydrogen-bond acceptors (Lipinski definition) is 4. The van der Waals surface area contributed by atoms with Gasteiger partial charge in [0.1, 0.15) is 0 Å². The van der Waals surface area contributed by atoms with E-state index in [1.54, 1.807) is 0 Å². The first-order valence-corrected chi connectivity index (χ1v) is 8.04. The Hall–Kier alpha value is -2.11. The zero-order valence-corrected chi connectivity index (χ0v) is 13.3. The molecule has 0 spiro atoms. The Balaban J connectivity index is 1.79. The Bertz CT molecular complexity index is 697. The average molecular weight is 301 g/mol. The molecule has 1 saturated heterocycles. The first-order valence-electron chi connectivity index (χ1n) is 8.04. The first-order chi connectivity index (χ1) is 10.7. The zero-order chi connectivity index (χ0) is 15.5. The number of anilines is 1. The lowest BCUT2D eigenvalue weighted by atomic mass is 10.1. The lowest BCUT2D eigenvalue weighted by Gasteiger charge is -2.30. The number of hydrogen-bond donors (Lipinski definition) is 0. The maximum absolute atomic E-state index is 12.0. The lowest BCUT2D eigenvalue weighted by Crippen LogP contribution is -2.30. The summed E-state index contributed by atoms with van der Waals surface area (Å²) in [6.07, 6.45) is 3.89. The van der Waals surface area contributed by atoms with Crippen LogP contribution in [-0.2, 0) is 13.1 Å². The summed E-state index contributed by atoms with van der Waals surface area (Å²) in [4.78, 5) is 14.5. The van der Waals surface area contributed by atoms with Crippen LogP contribution in [0, 0.1) is 6.92 Å². The molecule has 118 valence electrons. The number of tetrazole rings is 1. The van der Waals surface area contributed by atoms with Crippen molar-refractivity contribution in [1.29, 1.82) is 0 Å². The van der Waals surface area contributed by atoms with Crippen LogP contribution in [0.4, 0.5) is 5.69 Å². The number of benzene rings is 1. The van der Waals surface area contributed by atoms with E-state index in [4.69, 9.17) is 0 Å². The Kier molecular flexibility index (Phi) is 4.27. The maximum atomic E-state index is 12.0. The summed E-state index contributed by atoms with van der Waals surface area (Å²) >= 11 is 0. The van der Waals surface area contributed by atoms with Crippen molar-refractivity contribution >= 4 is 5.69 Å². The third-order valence-electron chi connectivity index (χ3n) is 4.29. The molecule has 1 aromatic heterocycles. The summed E-state index contributed by atoms with van der Waals surface area (Å²) in [7, 11) is 0. The molecule has 0 amide bonds. The fourth-order valence-corrected chi connectivity index (χ4v) is 3.08. The lowest BCUT2D eigenvalue weighted by molar-refractivity contribution is 0.576. The summed E-state index contributed by atoms with van der Waals surface area (Å²) in [5.41, 5.74) is 3.51. The van der Waals surface area contributed by atoms with E-state index in [0.717, 1.165) is 18.7 Å². The molecule has 1 aliphatic heterocycles. The van der Waals surface area contributed by atoms with Gasteiger partial charge in [-0.1, -0.05) is 12.1 Å². The van der Waals surface area contributed by atoms with Crippen molar-refractivity contribution < 1.29 is 0 Å². The molecule has 3 rings (SSSR count). The highest BCUT2D eigenvalue weighted by Gasteiger charge is 2.13. The van der Waals surface area contributed by atoms with Gasteiger partial charge in [-0.3, -0.25) is 0 Å². The molecule has 0 radical (unpaired) electrons. The van der Waals surface area contributed by atoms with Crippen LogP contribution in [0.2, 0.25) is 0 Å². The van der Waals surface area contributed by atoms with Gasteiger partial charge in [0.2, 0.25) is 0 Å². The third kappa shape index (κ3) is 2.91. The van der Waals surface area contributed by atoms with Crippen molar-refractivity contribution in [3.8, 4) is 0 Å². The van der Waals surface area contributed by atoms with Crippen LogP contribution in [0.25, 0.3) is 0 Å². The molecule has 22 heavy (non-hydrogen) atoms. The van der Waals surface area contributed by atoms with Crippen molar-refractivity contribution in [2.24, 2.45) is 0 Å². The second-order valence-corrected chi connectivity index (χ2v) is 5.90. The van der Waals surface area contributed by atoms with Gasteiger partial charge >= 0.3 is 5.69 Å². The number of aryl methyl sites for hydroxylation is 2. The SMILES string of the molecule is CCn1nnn(Cc2ccc(N3CCCCC3)c(C)c2)c1=O. The molecule has 6 heteroatoms. The summed E-state index contributed by atoms with van der Waals surface area (Å²) in [6.45, 7) is 7.33. The molecular formula is C16H23N5O. The molecule has 1 aromatic carbocycles. The molecule has 0 N–H and O–H groups in total. The van der Waals surface area contributed by atoms with Crippen LogP contribution in [0.1, 0.15) is 37.3 Å². The van der Waals surface area contributed by atoms with Gasteiger partial charge < -0.3 is 4.90 Å². The molecule has 1 aliphatic rings. The maximum Gasteiger partial charge on any atom is 0.363 e. The average Bonchev–Trinajstić information content (AvgIpc) is 2.89. The normalized spacial score (nSPS) is 15.3. The number of rotatable bonds is 4. The molecule has 0 unspecified atom stereocenters. The Morgan fingerprint density at radius 3 is 2.45 bits per heavy atom. The number of aromatic nitrogens is 4. The fourth-order valence-electron chi connectivity index (χ4n) is 3.08. The van der Waals surface area contributed by atoms with E-state index in [2.05, 4.69) is 40.4 Å². The second-order valence-electron chi connectivity index (χ2n) is 5.90. The van der Waals surface area contributed by atoms with Gasteiger partial charge in [-0.15, -0.1) is 0 Å². The smallest absolute Gasteiger partial charge is 0.363 e. The van der Waals surface area contributed by atoms with E-state index in [9.17, 15) is 4.79 Å². The Morgan fingerprint density at radius 1 is 1.09 bits per heavy atom. The van der Waals surface area contributed by atoms with Crippen LogP contribution >= 0.6 is 0 Å². The van der Waals surface area contributed by atoms with Crippen molar-refractivity contribution in [3.63, 3.8) is 0 Å². The molecule has 0 atom stereocenters. The van der Waals surface area contributed by atoms with Gasteiger partial charge in [0.25, 0.3) is 0 Å². The highest BCUT2D eigenvalue weighted by Crippen LogP contribution is 2.24. The Morgan fingerprint density at radius 2 is 1.82 bits per heavy atom. The molecule has 2 aromatic rings. The monoisotopic (exact) mass is 301 g/mol. The highest BCUT2D eigenvalue weighted by atomic mass is 16.2. The summed E-state index contributed by atoms with van der Waals surface area (Å²) < 4.78 is 2.79. The molecule has 0 bridgehead atoms. The molecule has 6 nitrogen and oxygen atoms in total. The minimum Gasteiger partial charge on any atom is -0.371 e.